The van der Waals surface area contributed by atoms with Crippen LogP contribution >= 0.6 is 0 Å². The van der Waals surface area contributed by atoms with Crippen molar-refractivity contribution in [3.05, 3.63) is 11.3 Å². The summed E-state index contributed by atoms with van der Waals surface area (Å²) in [6, 6.07) is -0.330. The van der Waals surface area contributed by atoms with E-state index in [1.165, 1.54) is 0 Å². The Bertz CT molecular complexity index is 368. The normalized spacial score (nSPS) is 15.3. The largest absolute Gasteiger partial charge is 0.463 e. The molecule has 0 saturated carbocycles. The predicted molar refractivity (Wildman–Crippen MR) is 69.4 cm³/mol. The molecule has 0 radical (unpaired) electrons. The van der Waals surface area contributed by atoms with Gasteiger partial charge in [-0.05, 0) is 13.5 Å². The van der Waals surface area contributed by atoms with Gasteiger partial charge in [-0.3, -0.25) is 4.90 Å². The number of ether oxygens (including phenoxy) is 1. The summed E-state index contributed by atoms with van der Waals surface area (Å²) in [5.41, 5.74) is 0.968. The highest BCUT2D eigenvalue weighted by Gasteiger charge is 2.24. The molecule has 1 aliphatic heterocycles. The van der Waals surface area contributed by atoms with Crippen LogP contribution < -0.4 is 10.6 Å². The maximum Gasteiger partial charge on any atom is 0.337 e. The second-order valence-electron chi connectivity index (χ2n) is 4.08. The Morgan fingerprint density at radius 1 is 1.47 bits per heavy atom. The number of aliphatic hydroxyl groups excluding tert-OH is 1. The second kappa shape index (κ2) is 7.75. The van der Waals surface area contributed by atoms with Gasteiger partial charge in [0.05, 0.1) is 25.3 Å². The number of urea groups is 1. The third-order valence-corrected chi connectivity index (χ3v) is 2.82. The number of likely N-dealkylation sites (N-methyl/N-ethyl adjacent to an activating group) is 1. The molecule has 1 heterocycles. The van der Waals surface area contributed by atoms with Crippen LogP contribution in [0.5, 0.6) is 0 Å². The molecule has 19 heavy (non-hydrogen) atoms. The standard InChI is InChI=1S/C12H21N3O4/c1-3-15(5-6-16)8-10-9(11(17)19-4-2)7-13-12(18)14-10/h16H,3-8H2,1-2H3,(H2,13,14,18). The Balaban J connectivity index is 2.85. The molecule has 0 aromatic rings. The number of amides is 2. The fourth-order valence-electron chi connectivity index (χ4n) is 1.79. The van der Waals surface area contributed by atoms with E-state index in [1.807, 2.05) is 11.8 Å². The first-order valence-corrected chi connectivity index (χ1v) is 6.39. The molecule has 2 amide bonds. The molecule has 0 fully saturated rings. The lowest BCUT2D eigenvalue weighted by Crippen LogP contribution is -2.47. The summed E-state index contributed by atoms with van der Waals surface area (Å²) in [4.78, 5) is 25.1. The smallest absolute Gasteiger partial charge is 0.337 e. The minimum absolute atomic E-state index is 0.0298. The van der Waals surface area contributed by atoms with E-state index < -0.39 is 5.97 Å². The SMILES string of the molecule is CCOC(=O)C1=C(CN(CC)CCO)NC(=O)NC1. The molecule has 0 unspecified atom stereocenters. The van der Waals surface area contributed by atoms with Gasteiger partial charge in [0.2, 0.25) is 0 Å². The Morgan fingerprint density at radius 3 is 2.79 bits per heavy atom. The minimum atomic E-state index is -0.426. The molecule has 3 N–H and O–H groups in total. The van der Waals surface area contributed by atoms with Gasteiger partial charge in [0, 0.05) is 18.8 Å². The molecule has 7 heteroatoms. The number of carbonyl (C=O) groups excluding carboxylic acids is 2. The van der Waals surface area contributed by atoms with E-state index in [2.05, 4.69) is 10.6 Å². The molecule has 7 nitrogen and oxygen atoms in total. The summed E-state index contributed by atoms with van der Waals surface area (Å²) in [5, 5.41) is 14.1. The number of hydrogen-bond acceptors (Lipinski definition) is 5. The van der Waals surface area contributed by atoms with Gasteiger partial charge in [-0.25, -0.2) is 9.59 Å². The van der Waals surface area contributed by atoms with Crippen molar-refractivity contribution in [3.63, 3.8) is 0 Å². The molecular weight excluding hydrogens is 250 g/mol. The first-order valence-electron chi connectivity index (χ1n) is 6.39. The van der Waals surface area contributed by atoms with E-state index in [9.17, 15) is 9.59 Å². The summed E-state index contributed by atoms with van der Waals surface area (Å²) in [6.07, 6.45) is 0. The number of hydrogen-bond donors (Lipinski definition) is 3. The van der Waals surface area contributed by atoms with E-state index in [4.69, 9.17) is 9.84 Å². The van der Waals surface area contributed by atoms with Crippen LogP contribution in [-0.2, 0) is 9.53 Å². The highest BCUT2D eigenvalue weighted by molar-refractivity contribution is 5.93. The lowest BCUT2D eigenvalue weighted by molar-refractivity contribution is -0.138. The summed E-state index contributed by atoms with van der Waals surface area (Å²) in [5.74, 6) is -0.426. The fourth-order valence-corrected chi connectivity index (χ4v) is 1.79. The van der Waals surface area contributed by atoms with E-state index >= 15 is 0 Å². The zero-order chi connectivity index (χ0) is 14.3. The van der Waals surface area contributed by atoms with Crippen molar-refractivity contribution in [3.8, 4) is 0 Å². The van der Waals surface area contributed by atoms with Crippen LogP contribution in [0.4, 0.5) is 4.79 Å². The topological polar surface area (TPSA) is 90.9 Å². The third kappa shape index (κ3) is 4.53. The van der Waals surface area contributed by atoms with Crippen molar-refractivity contribution < 1.29 is 19.4 Å². The highest BCUT2D eigenvalue weighted by atomic mass is 16.5. The van der Waals surface area contributed by atoms with Gasteiger partial charge in [-0.2, -0.15) is 0 Å². The van der Waals surface area contributed by atoms with Crippen molar-refractivity contribution in [1.82, 2.24) is 15.5 Å². The van der Waals surface area contributed by atoms with Crippen LogP contribution in [0, 0.1) is 0 Å². The molecule has 0 aromatic heterocycles. The van der Waals surface area contributed by atoms with Crippen LogP contribution in [0.1, 0.15) is 13.8 Å². The van der Waals surface area contributed by atoms with Crippen molar-refractivity contribution in [1.29, 1.82) is 0 Å². The van der Waals surface area contributed by atoms with Crippen LogP contribution in [0.25, 0.3) is 0 Å². The fraction of sp³-hybridized carbons (Fsp3) is 0.667. The second-order valence-corrected chi connectivity index (χ2v) is 4.08. The molecule has 1 aliphatic rings. The van der Waals surface area contributed by atoms with Gasteiger partial charge in [0.15, 0.2) is 0 Å². The zero-order valence-corrected chi connectivity index (χ0v) is 11.4. The highest BCUT2D eigenvalue weighted by Crippen LogP contribution is 2.09. The van der Waals surface area contributed by atoms with Crippen LogP contribution in [-0.4, -0.2) is 61.4 Å². The maximum absolute atomic E-state index is 11.8. The maximum atomic E-state index is 11.8. The van der Waals surface area contributed by atoms with E-state index in [-0.39, 0.29) is 25.8 Å². The van der Waals surface area contributed by atoms with E-state index in [1.54, 1.807) is 6.92 Å². The number of esters is 1. The average molecular weight is 271 g/mol. The number of rotatable bonds is 7. The monoisotopic (exact) mass is 271 g/mol. The molecular formula is C12H21N3O4. The van der Waals surface area contributed by atoms with Crippen molar-refractivity contribution in [2.75, 3.05) is 39.4 Å². The Labute approximate surface area is 112 Å². The van der Waals surface area contributed by atoms with Crippen LogP contribution in [0.15, 0.2) is 11.3 Å². The lowest BCUT2D eigenvalue weighted by Gasteiger charge is -2.26. The van der Waals surface area contributed by atoms with Gasteiger partial charge in [0.25, 0.3) is 0 Å². The number of aliphatic hydroxyl groups is 1. The van der Waals surface area contributed by atoms with Crippen molar-refractivity contribution in [2.45, 2.75) is 13.8 Å². The number of nitrogens with one attached hydrogen (secondary N) is 2. The van der Waals surface area contributed by atoms with Gasteiger partial charge in [-0.15, -0.1) is 0 Å². The summed E-state index contributed by atoms with van der Waals surface area (Å²) in [6.45, 7) is 5.76. The molecule has 0 spiro atoms. The molecule has 0 aliphatic carbocycles. The molecule has 0 bridgehead atoms. The molecule has 1 rings (SSSR count). The van der Waals surface area contributed by atoms with Crippen molar-refractivity contribution >= 4 is 12.0 Å². The summed E-state index contributed by atoms with van der Waals surface area (Å²) in [7, 11) is 0. The molecule has 0 saturated heterocycles. The predicted octanol–water partition coefficient (Wildman–Crippen LogP) is -0.569. The van der Waals surface area contributed by atoms with Gasteiger partial charge in [0.1, 0.15) is 0 Å². The van der Waals surface area contributed by atoms with E-state index in [0.29, 0.717) is 30.9 Å². The molecule has 0 aromatic carbocycles. The Morgan fingerprint density at radius 2 is 2.21 bits per heavy atom. The number of nitrogens with zero attached hydrogens (tertiary/aromatic N) is 1. The summed E-state index contributed by atoms with van der Waals surface area (Å²) < 4.78 is 4.97. The Kier molecular flexibility index (Phi) is 6.31. The van der Waals surface area contributed by atoms with Gasteiger partial charge < -0.3 is 20.5 Å². The zero-order valence-electron chi connectivity index (χ0n) is 11.4. The first kappa shape index (κ1) is 15.5. The number of carbonyl (C=O) groups is 2. The lowest BCUT2D eigenvalue weighted by atomic mass is 10.1. The quantitative estimate of drug-likeness (QED) is 0.539. The van der Waals surface area contributed by atoms with E-state index in [0.717, 1.165) is 0 Å². The first-order chi connectivity index (χ1) is 9.12. The van der Waals surface area contributed by atoms with Crippen LogP contribution in [0.2, 0.25) is 0 Å². The van der Waals surface area contributed by atoms with Crippen molar-refractivity contribution in [2.24, 2.45) is 0 Å². The van der Waals surface area contributed by atoms with Crippen LogP contribution in [0.3, 0.4) is 0 Å². The Hall–Kier alpha value is -1.60. The molecule has 108 valence electrons. The van der Waals surface area contributed by atoms with Gasteiger partial charge >= 0.3 is 12.0 Å². The summed E-state index contributed by atoms with van der Waals surface area (Å²) >= 11 is 0. The average Bonchev–Trinajstić information content (AvgIpc) is 2.38. The molecule has 0 atom stereocenters. The minimum Gasteiger partial charge on any atom is -0.463 e. The third-order valence-electron chi connectivity index (χ3n) is 2.82. The van der Waals surface area contributed by atoms with Gasteiger partial charge in [-0.1, -0.05) is 6.92 Å².